The number of carbonyl (C=O) groups is 1. The standard InChI is InChI=1S/C17H22ClN5O/c1-12-10-14(17-19-6-7-20-17)22-15(21-12)11-13-3-8-23(9-4-13)16(24)2-5-18/h6-7,10,13H,2-5,8-9,11H2,1H3,(H,19,20). The second kappa shape index (κ2) is 7.75. The zero-order valence-electron chi connectivity index (χ0n) is 13.8. The number of aromatic nitrogens is 4. The first-order chi connectivity index (χ1) is 11.7. The Morgan fingerprint density at radius 3 is 2.83 bits per heavy atom. The van der Waals surface area contributed by atoms with Crippen molar-refractivity contribution in [1.29, 1.82) is 0 Å². The molecule has 1 amide bonds. The number of halogens is 1. The summed E-state index contributed by atoms with van der Waals surface area (Å²) in [5, 5.41) is 0. The maximum absolute atomic E-state index is 11.9. The van der Waals surface area contributed by atoms with Crippen LogP contribution in [0.4, 0.5) is 0 Å². The van der Waals surface area contributed by atoms with Crippen LogP contribution in [0.3, 0.4) is 0 Å². The molecule has 1 aliphatic heterocycles. The lowest BCUT2D eigenvalue weighted by Crippen LogP contribution is -2.39. The number of amides is 1. The van der Waals surface area contributed by atoms with Gasteiger partial charge in [0, 0.05) is 49.9 Å². The molecular formula is C17H22ClN5O. The van der Waals surface area contributed by atoms with Crippen molar-refractivity contribution in [2.24, 2.45) is 5.92 Å². The van der Waals surface area contributed by atoms with Gasteiger partial charge >= 0.3 is 0 Å². The van der Waals surface area contributed by atoms with Crippen LogP contribution in [0.25, 0.3) is 11.5 Å². The van der Waals surface area contributed by atoms with Crippen molar-refractivity contribution >= 4 is 17.5 Å². The number of imidazole rings is 1. The summed E-state index contributed by atoms with van der Waals surface area (Å²) in [7, 11) is 0. The summed E-state index contributed by atoms with van der Waals surface area (Å²) >= 11 is 5.65. The van der Waals surface area contributed by atoms with E-state index in [0.29, 0.717) is 18.2 Å². The third-order valence-corrected chi connectivity index (χ3v) is 4.58. The third-order valence-electron chi connectivity index (χ3n) is 4.39. The second-order valence-corrected chi connectivity index (χ2v) is 6.59. The van der Waals surface area contributed by atoms with Crippen LogP contribution in [0, 0.1) is 12.8 Å². The van der Waals surface area contributed by atoms with Gasteiger partial charge in [0.15, 0.2) is 5.82 Å². The average molecular weight is 348 g/mol. The normalized spacial score (nSPS) is 15.7. The van der Waals surface area contributed by atoms with Crippen molar-refractivity contribution in [3.05, 3.63) is 30.0 Å². The molecule has 2 aromatic heterocycles. The van der Waals surface area contributed by atoms with Gasteiger partial charge in [-0.3, -0.25) is 4.79 Å². The molecule has 1 fully saturated rings. The Kier molecular flexibility index (Phi) is 5.45. The molecule has 0 aliphatic carbocycles. The SMILES string of the molecule is Cc1cc(-c2ncc[nH]2)nc(CC2CCN(C(=O)CCCl)CC2)n1. The van der Waals surface area contributed by atoms with Crippen molar-refractivity contribution in [1.82, 2.24) is 24.8 Å². The highest BCUT2D eigenvalue weighted by Crippen LogP contribution is 2.22. The molecule has 1 N–H and O–H groups in total. The van der Waals surface area contributed by atoms with Crippen LogP contribution in [0.5, 0.6) is 0 Å². The summed E-state index contributed by atoms with van der Waals surface area (Å²) in [4.78, 5) is 30.4. The van der Waals surface area contributed by atoms with Crippen molar-refractivity contribution in [3.8, 4) is 11.5 Å². The summed E-state index contributed by atoms with van der Waals surface area (Å²) in [6.07, 6.45) is 6.76. The van der Waals surface area contributed by atoms with E-state index in [0.717, 1.165) is 55.4 Å². The molecule has 3 heterocycles. The fourth-order valence-electron chi connectivity index (χ4n) is 3.13. The van der Waals surface area contributed by atoms with Crippen molar-refractivity contribution in [3.63, 3.8) is 0 Å². The molecule has 1 saturated heterocycles. The van der Waals surface area contributed by atoms with Gasteiger partial charge in [-0.25, -0.2) is 15.0 Å². The number of likely N-dealkylation sites (tertiary alicyclic amines) is 1. The molecule has 1 aliphatic rings. The first-order valence-corrected chi connectivity index (χ1v) is 8.87. The van der Waals surface area contributed by atoms with E-state index in [1.165, 1.54) is 0 Å². The molecule has 0 spiro atoms. The summed E-state index contributed by atoms with van der Waals surface area (Å²) in [6, 6.07) is 1.94. The molecule has 24 heavy (non-hydrogen) atoms. The first-order valence-electron chi connectivity index (χ1n) is 8.33. The molecule has 0 unspecified atom stereocenters. The molecule has 0 radical (unpaired) electrons. The molecule has 6 nitrogen and oxygen atoms in total. The Hall–Kier alpha value is -1.95. The zero-order chi connectivity index (χ0) is 16.9. The maximum Gasteiger partial charge on any atom is 0.223 e. The predicted octanol–water partition coefficient (Wildman–Crippen LogP) is 2.59. The van der Waals surface area contributed by atoms with Gasteiger partial charge in [0.2, 0.25) is 5.91 Å². The highest BCUT2D eigenvalue weighted by atomic mass is 35.5. The first kappa shape index (κ1) is 16.9. The Bertz CT molecular complexity index is 680. The molecule has 7 heteroatoms. The van der Waals surface area contributed by atoms with Crippen molar-refractivity contribution < 1.29 is 4.79 Å². The van der Waals surface area contributed by atoms with E-state index in [1.54, 1.807) is 12.4 Å². The van der Waals surface area contributed by atoms with Gasteiger partial charge in [0.1, 0.15) is 11.5 Å². The van der Waals surface area contributed by atoms with Crippen LogP contribution in [0.2, 0.25) is 0 Å². The molecular weight excluding hydrogens is 326 g/mol. The number of aryl methyl sites for hydroxylation is 1. The topological polar surface area (TPSA) is 74.8 Å². The average Bonchev–Trinajstić information content (AvgIpc) is 3.10. The Balaban J connectivity index is 1.62. The van der Waals surface area contributed by atoms with Crippen LogP contribution in [0.15, 0.2) is 18.5 Å². The van der Waals surface area contributed by atoms with Gasteiger partial charge in [0.05, 0.1) is 0 Å². The smallest absolute Gasteiger partial charge is 0.223 e. The van der Waals surface area contributed by atoms with E-state index in [-0.39, 0.29) is 5.91 Å². The molecule has 2 aromatic rings. The van der Waals surface area contributed by atoms with E-state index >= 15 is 0 Å². The van der Waals surface area contributed by atoms with E-state index in [1.807, 2.05) is 17.9 Å². The number of nitrogens with one attached hydrogen (secondary N) is 1. The second-order valence-electron chi connectivity index (χ2n) is 6.22. The fourth-order valence-corrected chi connectivity index (χ4v) is 3.29. The maximum atomic E-state index is 11.9. The highest BCUT2D eigenvalue weighted by Gasteiger charge is 2.23. The quantitative estimate of drug-likeness (QED) is 0.843. The lowest BCUT2D eigenvalue weighted by Gasteiger charge is -2.31. The lowest BCUT2D eigenvalue weighted by atomic mass is 9.93. The third kappa shape index (κ3) is 4.12. The summed E-state index contributed by atoms with van der Waals surface area (Å²) in [6.45, 7) is 3.58. The number of hydrogen-bond acceptors (Lipinski definition) is 4. The van der Waals surface area contributed by atoms with Crippen molar-refractivity contribution in [2.45, 2.75) is 32.6 Å². The molecule has 0 aromatic carbocycles. The minimum atomic E-state index is 0.162. The monoisotopic (exact) mass is 347 g/mol. The van der Waals surface area contributed by atoms with Crippen LogP contribution in [-0.4, -0.2) is 49.7 Å². The molecule has 0 bridgehead atoms. The summed E-state index contributed by atoms with van der Waals surface area (Å²) in [5.41, 5.74) is 1.78. The Morgan fingerprint density at radius 2 is 2.17 bits per heavy atom. The minimum Gasteiger partial charge on any atom is -0.343 e. The predicted molar refractivity (Wildman–Crippen MR) is 92.7 cm³/mol. The molecule has 0 atom stereocenters. The largest absolute Gasteiger partial charge is 0.343 e. The van der Waals surface area contributed by atoms with Gasteiger partial charge in [-0.1, -0.05) is 0 Å². The number of H-pyrrole nitrogens is 1. The number of rotatable bonds is 5. The lowest BCUT2D eigenvalue weighted by molar-refractivity contribution is -0.132. The summed E-state index contributed by atoms with van der Waals surface area (Å²) < 4.78 is 0. The zero-order valence-corrected chi connectivity index (χ0v) is 14.6. The molecule has 0 saturated carbocycles. The van der Waals surface area contributed by atoms with Gasteiger partial charge < -0.3 is 9.88 Å². The number of hydrogen-bond donors (Lipinski definition) is 1. The van der Waals surface area contributed by atoms with E-state index in [2.05, 4.69) is 19.9 Å². The molecule has 3 rings (SSSR count). The van der Waals surface area contributed by atoms with E-state index < -0.39 is 0 Å². The van der Waals surface area contributed by atoms with Crippen LogP contribution in [0.1, 0.15) is 30.8 Å². The fraction of sp³-hybridized carbons (Fsp3) is 0.529. The number of aromatic amines is 1. The Labute approximate surface area is 146 Å². The molecule has 128 valence electrons. The Morgan fingerprint density at radius 1 is 1.38 bits per heavy atom. The minimum absolute atomic E-state index is 0.162. The van der Waals surface area contributed by atoms with Gasteiger partial charge in [0.25, 0.3) is 0 Å². The van der Waals surface area contributed by atoms with Crippen LogP contribution >= 0.6 is 11.6 Å². The number of piperidine rings is 1. The van der Waals surface area contributed by atoms with Gasteiger partial charge in [-0.05, 0) is 31.7 Å². The van der Waals surface area contributed by atoms with Gasteiger partial charge in [-0.15, -0.1) is 11.6 Å². The van der Waals surface area contributed by atoms with Crippen molar-refractivity contribution in [2.75, 3.05) is 19.0 Å². The van der Waals surface area contributed by atoms with E-state index in [4.69, 9.17) is 11.6 Å². The number of alkyl halides is 1. The van der Waals surface area contributed by atoms with Crippen LogP contribution in [-0.2, 0) is 11.2 Å². The van der Waals surface area contributed by atoms with Gasteiger partial charge in [-0.2, -0.15) is 0 Å². The highest BCUT2D eigenvalue weighted by molar-refractivity contribution is 6.18. The van der Waals surface area contributed by atoms with E-state index in [9.17, 15) is 4.79 Å². The number of nitrogens with zero attached hydrogens (tertiary/aromatic N) is 4. The summed E-state index contributed by atoms with van der Waals surface area (Å²) in [5.74, 6) is 2.69. The number of carbonyl (C=O) groups excluding carboxylic acids is 1. The van der Waals surface area contributed by atoms with Crippen LogP contribution < -0.4 is 0 Å².